The Morgan fingerprint density at radius 3 is 2.28 bits per heavy atom. The zero-order chi connectivity index (χ0) is 39.8. The van der Waals surface area contributed by atoms with E-state index in [-0.39, 0.29) is 41.9 Å². The lowest BCUT2D eigenvalue weighted by atomic mass is 9.98. The molecular formula is C41H42ClF3N8O4. The van der Waals surface area contributed by atoms with E-state index < -0.39 is 23.7 Å². The molecule has 298 valence electrons. The largest absolute Gasteiger partial charge is 0.481 e. The molecule has 4 N–H and O–H groups in total. The van der Waals surface area contributed by atoms with Gasteiger partial charge >= 0.3 is 6.18 Å². The van der Waals surface area contributed by atoms with Crippen molar-refractivity contribution in [1.82, 2.24) is 40.8 Å². The highest BCUT2D eigenvalue weighted by atomic mass is 35.5. The number of rotatable bonds is 13. The van der Waals surface area contributed by atoms with Crippen molar-refractivity contribution in [3.05, 3.63) is 87.7 Å². The molecule has 0 spiro atoms. The SMILES string of the molecule is COc1nc(O[C@H]2CCc3c(-c4nccc(-c5ccc6c(CNC[C@@H]7CCC(=O)N7)cn(C)c6n5)c4Cl)cccc32)c(C(F)(F)F)cc1CNC[C@H]1CCC(=O)N1. The zero-order valence-electron chi connectivity index (χ0n) is 31.4. The summed E-state index contributed by atoms with van der Waals surface area (Å²) in [6, 6.07) is 12.4. The average Bonchev–Trinajstić information content (AvgIpc) is 3.98. The summed E-state index contributed by atoms with van der Waals surface area (Å²) in [4.78, 5) is 37.0. The minimum atomic E-state index is -4.74. The minimum absolute atomic E-state index is 0.0198. The number of amides is 2. The predicted molar refractivity (Wildman–Crippen MR) is 208 cm³/mol. The standard InChI is InChI=1S/C41H42ClF3N8O4/c1-53-21-23(18-47-20-25-7-13-35(55)50-25)26-8-10-32(51-38(26)53)30-14-15-48-37(36(30)42)29-5-3-4-28-27(29)9-11-33(28)57-40-31(41(43,44)45)16-22(39(52-40)56-2)17-46-19-24-6-12-34(54)49-24/h3-5,8,10,14-16,21,24-25,33,46-47H,6-7,9,11-13,17-20H2,1-2H3,(H,49,54)(H,50,55)/t24-,25+,33+/m1/s1. The van der Waals surface area contributed by atoms with E-state index in [1.165, 1.54) is 7.11 Å². The lowest BCUT2D eigenvalue weighted by Gasteiger charge is -2.21. The van der Waals surface area contributed by atoms with Gasteiger partial charge in [0.15, 0.2) is 0 Å². The van der Waals surface area contributed by atoms with E-state index in [9.17, 15) is 22.8 Å². The van der Waals surface area contributed by atoms with Crippen LogP contribution >= 0.6 is 11.6 Å². The molecule has 2 saturated heterocycles. The number of halogens is 4. The second-order valence-electron chi connectivity index (χ2n) is 14.7. The third-order valence-electron chi connectivity index (χ3n) is 10.9. The Balaban J connectivity index is 1.02. The van der Waals surface area contributed by atoms with Gasteiger partial charge in [0.1, 0.15) is 17.3 Å². The van der Waals surface area contributed by atoms with E-state index in [4.69, 9.17) is 26.1 Å². The van der Waals surface area contributed by atoms with Gasteiger partial charge in [0.05, 0.1) is 23.5 Å². The van der Waals surface area contributed by atoms with Crippen molar-refractivity contribution in [2.45, 2.75) is 76.0 Å². The zero-order valence-corrected chi connectivity index (χ0v) is 32.2. The molecule has 16 heteroatoms. The van der Waals surface area contributed by atoms with Crippen LogP contribution in [0, 0.1) is 0 Å². The number of methoxy groups -OCH3 is 1. The van der Waals surface area contributed by atoms with E-state index in [0.29, 0.717) is 73.7 Å². The molecule has 1 aromatic carbocycles. The van der Waals surface area contributed by atoms with E-state index in [1.54, 1.807) is 6.20 Å². The van der Waals surface area contributed by atoms with Crippen molar-refractivity contribution in [1.29, 1.82) is 0 Å². The number of alkyl halides is 3. The fraction of sp³-hybridized carbons (Fsp3) is 0.390. The maximum absolute atomic E-state index is 14.5. The summed E-state index contributed by atoms with van der Waals surface area (Å²) in [5.74, 6) is -0.487. The lowest BCUT2D eigenvalue weighted by molar-refractivity contribution is -0.139. The summed E-state index contributed by atoms with van der Waals surface area (Å²) < 4.78 is 57.0. The molecular weight excluding hydrogens is 761 g/mol. The molecule has 2 aliphatic heterocycles. The molecule has 0 radical (unpaired) electrons. The molecule has 4 aromatic heterocycles. The molecule has 3 aliphatic rings. The van der Waals surface area contributed by atoms with Crippen molar-refractivity contribution in [3.63, 3.8) is 0 Å². The van der Waals surface area contributed by atoms with Crippen molar-refractivity contribution < 1.29 is 32.2 Å². The number of aromatic nitrogens is 4. The van der Waals surface area contributed by atoms with Crippen LogP contribution in [0.4, 0.5) is 13.2 Å². The van der Waals surface area contributed by atoms with Crippen LogP contribution in [0.15, 0.2) is 54.9 Å². The molecule has 2 amide bonds. The Labute approximate surface area is 331 Å². The van der Waals surface area contributed by atoms with Gasteiger partial charge in [0, 0.05) is 92.6 Å². The van der Waals surface area contributed by atoms with Gasteiger partial charge in [-0.25, -0.2) is 4.98 Å². The molecule has 0 saturated carbocycles. The van der Waals surface area contributed by atoms with Crippen molar-refractivity contribution in [2.75, 3.05) is 20.2 Å². The van der Waals surface area contributed by atoms with Gasteiger partial charge in [-0.15, -0.1) is 0 Å². The highest BCUT2D eigenvalue weighted by molar-refractivity contribution is 6.35. The summed E-state index contributed by atoms with van der Waals surface area (Å²) >= 11 is 7.13. The Morgan fingerprint density at radius 1 is 0.895 bits per heavy atom. The number of nitrogens with one attached hydrogen (secondary N) is 4. The Hall–Kier alpha value is -5.25. The topological polar surface area (TPSA) is 144 Å². The van der Waals surface area contributed by atoms with Crippen molar-refractivity contribution >= 4 is 34.4 Å². The third kappa shape index (κ3) is 8.00. The molecule has 12 nitrogen and oxygen atoms in total. The number of fused-ring (bicyclic) bond motifs is 2. The molecule has 0 bridgehead atoms. The molecule has 8 rings (SSSR count). The van der Waals surface area contributed by atoms with Gasteiger partial charge in [-0.3, -0.25) is 14.6 Å². The lowest BCUT2D eigenvalue weighted by Crippen LogP contribution is -2.35. The Bertz CT molecular complexity index is 2350. The predicted octanol–water partition coefficient (Wildman–Crippen LogP) is 6.18. The summed E-state index contributed by atoms with van der Waals surface area (Å²) in [5.41, 5.74) is 5.38. The van der Waals surface area contributed by atoms with Crippen LogP contribution in [-0.2, 0) is 42.3 Å². The summed E-state index contributed by atoms with van der Waals surface area (Å²) in [7, 11) is 3.30. The first-order valence-corrected chi connectivity index (χ1v) is 19.4. The van der Waals surface area contributed by atoms with Crippen molar-refractivity contribution in [2.24, 2.45) is 7.05 Å². The van der Waals surface area contributed by atoms with Crippen LogP contribution in [0.2, 0.25) is 5.02 Å². The van der Waals surface area contributed by atoms with Gasteiger partial charge in [-0.2, -0.15) is 18.2 Å². The smallest absolute Gasteiger partial charge is 0.421 e. The fourth-order valence-corrected chi connectivity index (χ4v) is 8.40. The number of aryl methyl sites for hydroxylation is 1. The molecule has 5 aromatic rings. The van der Waals surface area contributed by atoms with E-state index in [0.717, 1.165) is 45.8 Å². The monoisotopic (exact) mass is 802 g/mol. The number of nitrogens with zero attached hydrogens (tertiary/aromatic N) is 4. The maximum Gasteiger partial charge on any atom is 0.421 e. The van der Waals surface area contributed by atoms with Crippen molar-refractivity contribution in [3.8, 4) is 34.3 Å². The van der Waals surface area contributed by atoms with E-state index >= 15 is 0 Å². The molecule has 2 fully saturated rings. The quantitative estimate of drug-likeness (QED) is 0.110. The normalized spacial score (nSPS) is 19.2. The molecule has 3 atom stereocenters. The van der Waals surface area contributed by atoms with Gasteiger partial charge < -0.3 is 35.3 Å². The first kappa shape index (κ1) is 38.6. The first-order valence-electron chi connectivity index (χ1n) is 19.0. The Morgan fingerprint density at radius 2 is 1.61 bits per heavy atom. The van der Waals surface area contributed by atoms with E-state index in [1.807, 2.05) is 54.2 Å². The van der Waals surface area contributed by atoms with Crippen LogP contribution in [0.3, 0.4) is 0 Å². The highest BCUT2D eigenvalue weighted by Crippen LogP contribution is 2.45. The number of pyridine rings is 3. The number of hydrogen-bond donors (Lipinski definition) is 4. The van der Waals surface area contributed by atoms with Crippen LogP contribution in [0.1, 0.15) is 66.0 Å². The number of hydrogen-bond acceptors (Lipinski definition) is 9. The van der Waals surface area contributed by atoms with E-state index in [2.05, 4.69) is 31.2 Å². The van der Waals surface area contributed by atoms with Crippen LogP contribution in [0.5, 0.6) is 11.8 Å². The van der Waals surface area contributed by atoms with Crippen LogP contribution < -0.4 is 30.7 Å². The highest BCUT2D eigenvalue weighted by Gasteiger charge is 2.39. The minimum Gasteiger partial charge on any atom is -0.481 e. The Kier molecular flexibility index (Phi) is 10.8. The number of carbonyl (C=O) groups is 2. The molecule has 6 heterocycles. The fourth-order valence-electron chi connectivity index (χ4n) is 8.09. The van der Waals surface area contributed by atoms with Gasteiger partial charge in [0.25, 0.3) is 0 Å². The van der Waals surface area contributed by atoms with Gasteiger partial charge in [-0.1, -0.05) is 29.8 Å². The number of ether oxygens (including phenoxy) is 2. The van der Waals surface area contributed by atoms with Gasteiger partial charge in [-0.05, 0) is 66.6 Å². The van der Waals surface area contributed by atoms with Crippen LogP contribution in [0.25, 0.3) is 33.5 Å². The molecule has 1 aliphatic carbocycles. The summed E-state index contributed by atoms with van der Waals surface area (Å²) in [6.07, 6.45) is 1.69. The summed E-state index contributed by atoms with van der Waals surface area (Å²) in [5, 5.41) is 13.8. The number of carbonyl (C=O) groups excluding carboxylic acids is 2. The first-order chi connectivity index (χ1) is 27.5. The molecule has 57 heavy (non-hydrogen) atoms. The molecule has 0 unspecified atom stereocenters. The van der Waals surface area contributed by atoms with Crippen LogP contribution in [-0.4, -0.2) is 63.6 Å². The van der Waals surface area contributed by atoms with Gasteiger partial charge in [0.2, 0.25) is 23.6 Å². The average molecular weight is 803 g/mol. The second-order valence-corrected chi connectivity index (χ2v) is 15.1. The maximum atomic E-state index is 14.5. The third-order valence-corrected chi connectivity index (χ3v) is 11.3. The summed E-state index contributed by atoms with van der Waals surface area (Å²) in [6.45, 7) is 1.78. The number of benzene rings is 1. The second kappa shape index (κ2) is 15.9.